The van der Waals surface area contributed by atoms with Gasteiger partial charge in [-0.1, -0.05) is 13.0 Å². The van der Waals surface area contributed by atoms with Crippen LogP contribution < -0.4 is 4.90 Å². The van der Waals surface area contributed by atoms with E-state index in [1.165, 1.54) is 0 Å². The molecule has 0 atom stereocenters. The lowest BCUT2D eigenvalue weighted by molar-refractivity contribution is 0.270. The summed E-state index contributed by atoms with van der Waals surface area (Å²) in [6.45, 7) is 14.1. The molecule has 8 heteroatoms. The molecule has 5 heterocycles. The molecular weight excluding hydrogens is 448 g/mol. The highest BCUT2D eigenvalue weighted by Crippen LogP contribution is 2.32. The van der Waals surface area contributed by atoms with Crippen LogP contribution in [0.15, 0.2) is 55.2 Å². The second-order valence-electron chi connectivity index (χ2n) is 10.5. The van der Waals surface area contributed by atoms with E-state index >= 15 is 0 Å². The van der Waals surface area contributed by atoms with E-state index in [0.717, 1.165) is 83.1 Å². The number of aromatic nitrogens is 6. The van der Waals surface area contributed by atoms with Crippen LogP contribution >= 0.6 is 0 Å². The van der Waals surface area contributed by atoms with E-state index in [1.54, 1.807) is 0 Å². The highest BCUT2D eigenvalue weighted by Gasteiger charge is 2.19. The van der Waals surface area contributed by atoms with Gasteiger partial charge in [-0.3, -0.25) is 0 Å². The molecule has 4 aromatic heterocycles. The minimum Gasteiger partial charge on any atom is -0.354 e. The van der Waals surface area contributed by atoms with Crippen molar-refractivity contribution >= 4 is 28.0 Å². The maximum absolute atomic E-state index is 5.01. The number of piperazine rings is 1. The molecule has 0 amide bonds. The first-order chi connectivity index (χ1) is 17.4. The van der Waals surface area contributed by atoms with Crippen molar-refractivity contribution < 1.29 is 0 Å². The van der Waals surface area contributed by atoms with Gasteiger partial charge in [0.1, 0.15) is 11.3 Å². The number of benzene rings is 1. The van der Waals surface area contributed by atoms with Gasteiger partial charge in [0.25, 0.3) is 0 Å². The number of H-pyrrole nitrogens is 1. The minimum atomic E-state index is -0.0523. The number of likely N-dealkylation sites (N-methyl/N-ethyl adjacent to an activating group) is 1. The molecule has 1 fully saturated rings. The van der Waals surface area contributed by atoms with Gasteiger partial charge < -0.3 is 19.4 Å². The topological polar surface area (TPSA) is 78.8 Å². The van der Waals surface area contributed by atoms with Crippen molar-refractivity contribution in [2.75, 3.05) is 37.6 Å². The number of hydrogen-bond acceptors (Lipinski definition) is 6. The van der Waals surface area contributed by atoms with E-state index in [-0.39, 0.29) is 5.54 Å². The molecule has 184 valence electrons. The predicted molar refractivity (Wildman–Crippen MR) is 145 cm³/mol. The van der Waals surface area contributed by atoms with Gasteiger partial charge >= 0.3 is 0 Å². The van der Waals surface area contributed by atoms with Gasteiger partial charge in [-0.05, 0) is 57.1 Å². The maximum atomic E-state index is 5.01. The molecule has 1 N–H and O–H groups in total. The van der Waals surface area contributed by atoms with Gasteiger partial charge in [0.15, 0.2) is 5.65 Å². The normalized spacial score (nSPS) is 15.3. The summed E-state index contributed by atoms with van der Waals surface area (Å²) in [6, 6.07) is 10.6. The molecule has 0 unspecified atom stereocenters. The van der Waals surface area contributed by atoms with Crippen LogP contribution in [0.1, 0.15) is 27.7 Å². The zero-order chi connectivity index (χ0) is 24.9. The average Bonchev–Trinajstić information content (AvgIpc) is 3.52. The van der Waals surface area contributed by atoms with Crippen LogP contribution in [-0.2, 0) is 5.54 Å². The monoisotopic (exact) mass is 480 g/mol. The molecule has 1 aliphatic heterocycles. The van der Waals surface area contributed by atoms with Crippen molar-refractivity contribution in [2.45, 2.75) is 33.2 Å². The predicted octanol–water partition coefficient (Wildman–Crippen LogP) is 4.93. The standard InChI is InChI=1S/C28H32N8/c1-5-34-10-12-35(13-11-34)25-9-7-20(15-29-25)23-17-31-27-26(33-23)21(16-30-27)19-6-8-22-24(14-19)36(18-32-22)28(2,3)4/h6-9,14-18H,5,10-13H2,1-4H3,(H,30,31). The molecule has 36 heavy (non-hydrogen) atoms. The highest BCUT2D eigenvalue weighted by molar-refractivity contribution is 5.94. The van der Waals surface area contributed by atoms with E-state index in [0.29, 0.717) is 0 Å². The molecule has 1 aromatic carbocycles. The average molecular weight is 481 g/mol. The number of aromatic amines is 1. The van der Waals surface area contributed by atoms with E-state index < -0.39 is 0 Å². The summed E-state index contributed by atoms with van der Waals surface area (Å²) < 4.78 is 2.22. The third kappa shape index (κ3) is 4.01. The van der Waals surface area contributed by atoms with Crippen molar-refractivity contribution in [3.8, 4) is 22.4 Å². The van der Waals surface area contributed by atoms with Crippen molar-refractivity contribution in [3.05, 3.63) is 55.2 Å². The van der Waals surface area contributed by atoms with Crippen LogP contribution in [0.2, 0.25) is 0 Å². The molecule has 5 aromatic rings. The van der Waals surface area contributed by atoms with Crippen LogP contribution in [-0.4, -0.2) is 67.1 Å². The zero-order valence-electron chi connectivity index (χ0n) is 21.4. The van der Waals surface area contributed by atoms with Crippen LogP contribution in [0.5, 0.6) is 0 Å². The summed E-state index contributed by atoms with van der Waals surface area (Å²) in [5.41, 5.74) is 7.58. The van der Waals surface area contributed by atoms with Gasteiger partial charge in [-0.25, -0.2) is 19.9 Å². The van der Waals surface area contributed by atoms with Gasteiger partial charge in [0, 0.05) is 55.2 Å². The Hall–Kier alpha value is -3.78. The maximum Gasteiger partial charge on any atom is 0.156 e. The number of rotatable bonds is 4. The molecule has 1 saturated heterocycles. The Morgan fingerprint density at radius 3 is 2.44 bits per heavy atom. The molecule has 0 saturated carbocycles. The Bertz CT molecular complexity index is 1520. The number of hydrogen-bond donors (Lipinski definition) is 1. The SMILES string of the molecule is CCN1CCN(c2ccc(-c3cnc4[nH]cc(-c5ccc6ncn(C(C)(C)C)c6c5)c4n3)cn2)CC1. The van der Waals surface area contributed by atoms with Gasteiger partial charge in [-0.2, -0.15) is 0 Å². The Labute approximate surface area is 211 Å². The Balaban J connectivity index is 1.32. The molecule has 8 nitrogen and oxygen atoms in total. The van der Waals surface area contributed by atoms with Crippen LogP contribution in [0.3, 0.4) is 0 Å². The number of nitrogens with zero attached hydrogens (tertiary/aromatic N) is 7. The first-order valence-corrected chi connectivity index (χ1v) is 12.7. The summed E-state index contributed by atoms with van der Waals surface area (Å²) in [6.07, 6.45) is 7.64. The number of pyridine rings is 1. The van der Waals surface area contributed by atoms with E-state index in [1.807, 2.05) is 24.9 Å². The number of nitrogens with one attached hydrogen (secondary N) is 1. The molecule has 0 aliphatic carbocycles. The fraction of sp³-hybridized carbons (Fsp3) is 0.357. The Morgan fingerprint density at radius 2 is 1.72 bits per heavy atom. The summed E-state index contributed by atoms with van der Waals surface area (Å²) >= 11 is 0. The molecule has 0 bridgehead atoms. The third-order valence-corrected chi connectivity index (χ3v) is 7.15. The molecule has 6 rings (SSSR count). The van der Waals surface area contributed by atoms with E-state index in [2.05, 4.69) is 87.3 Å². The first kappa shape index (κ1) is 22.7. The van der Waals surface area contributed by atoms with Gasteiger partial charge in [0.05, 0.1) is 29.3 Å². The lowest BCUT2D eigenvalue weighted by Crippen LogP contribution is -2.46. The largest absolute Gasteiger partial charge is 0.354 e. The summed E-state index contributed by atoms with van der Waals surface area (Å²) in [4.78, 5) is 27.1. The van der Waals surface area contributed by atoms with Crippen LogP contribution in [0.25, 0.3) is 44.6 Å². The number of fused-ring (bicyclic) bond motifs is 2. The van der Waals surface area contributed by atoms with Crippen molar-refractivity contribution in [2.24, 2.45) is 0 Å². The number of anilines is 1. The van der Waals surface area contributed by atoms with Crippen LogP contribution in [0, 0.1) is 0 Å². The zero-order valence-corrected chi connectivity index (χ0v) is 21.4. The summed E-state index contributed by atoms with van der Waals surface area (Å²) in [7, 11) is 0. The summed E-state index contributed by atoms with van der Waals surface area (Å²) in [5.74, 6) is 1.02. The lowest BCUT2D eigenvalue weighted by atomic mass is 10.1. The third-order valence-electron chi connectivity index (χ3n) is 7.15. The number of imidazole rings is 1. The minimum absolute atomic E-state index is 0.0523. The fourth-order valence-electron chi connectivity index (χ4n) is 4.98. The second kappa shape index (κ2) is 8.71. The second-order valence-corrected chi connectivity index (χ2v) is 10.5. The fourth-order valence-corrected chi connectivity index (χ4v) is 4.98. The van der Waals surface area contributed by atoms with Gasteiger partial charge in [-0.15, -0.1) is 0 Å². The Kier molecular flexibility index (Phi) is 5.48. The quantitative estimate of drug-likeness (QED) is 0.393. The van der Waals surface area contributed by atoms with E-state index in [9.17, 15) is 0 Å². The lowest BCUT2D eigenvalue weighted by Gasteiger charge is -2.34. The van der Waals surface area contributed by atoms with E-state index in [4.69, 9.17) is 9.97 Å². The molecule has 0 radical (unpaired) electrons. The van der Waals surface area contributed by atoms with Crippen molar-refractivity contribution in [3.63, 3.8) is 0 Å². The molecule has 0 spiro atoms. The smallest absolute Gasteiger partial charge is 0.156 e. The molecule has 1 aliphatic rings. The summed E-state index contributed by atoms with van der Waals surface area (Å²) in [5, 5.41) is 0. The highest BCUT2D eigenvalue weighted by atomic mass is 15.3. The first-order valence-electron chi connectivity index (χ1n) is 12.7. The van der Waals surface area contributed by atoms with Gasteiger partial charge in [0.2, 0.25) is 0 Å². The van der Waals surface area contributed by atoms with Crippen molar-refractivity contribution in [1.29, 1.82) is 0 Å². The van der Waals surface area contributed by atoms with Crippen molar-refractivity contribution in [1.82, 2.24) is 34.4 Å². The Morgan fingerprint density at radius 1 is 0.917 bits per heavy atom. The van der Waals surface area contributed by atoms with Crippen LogP contribution in [0.4, 0.5) is 5.82 Å². The molecular formula is C28H32N8.